The van der Waals surface area contributed by atoms with Crippen LogP contribution >= 0.6 is 11.3 Å². The van der Waals surface area contributed by atoms with Crippen LogP contribution in [0.3, 0.4) is 0 Å². The Bertz CT molecular complexity index is 1030. The maximum Gasteiger partial charge on any atom is 0.255 e. The first-order chi connectivity index (χ1) is 13.5. The van der Waals surface area contributed by atoms with E-state index in [-0.39, 0.29) is 5.91 Å². The molecule has 0 saturated heterocycles. The number of hydrogen-bond donors (Lipinski definition) is 0. The van der Waals surface area contributed by atoms with Gasteiger partial charge in [0.05, 0.1) is 12.1 Å². The summed E-state index contributed by atoms with van der Waals surface area (Å²) in [5.41, 5.74) is 4.86. The van der Waals surface area contributed by atoms with Gasteiger partial charge in [-0.05, 0) is 56.0 Å². The number of benzene rings is 1. The summed E-state index contributed by atoms with van der Waals surface area (Å²) in [6.45, 7) is 7.83. The Hall–Kier alpha value is -2.73. The number of carbonyl (C=O) groups is 1. The molecule has 1 aliphatic rings. The average Bonchev–Trinajstić information content (AvgIpc) is 3.23. The molecule has 0 unspecified atom stereocenters. The fraction of sp³-hybridized carbons (Fsp3) is 0.318. The van der Waals surface area contributed by atoms with Crippen LogP contribution in [0.25, 0.3) is 5.69 Å². The van der Waals surface area contributed by atoms with Gasteiger partial charge in [0.25, 0.3) is 5.91 Å². The summed E-state index contributed by atoms with van der Waals surface area (Å²) in [6.07, 6.45) is 0. The van der Waals surface area contributed by atoms with Crippen LogP contribution in [0.2, 0.25) is 0 Å². The smallest absolute Gasteiger partial charge is 0.255 e. The van der Waals surface area contributed by atoms with Gasteiger partial charge in [0.1, 0.15) is 13.2 Å². The van der Waals surface area contributed by atoms with Crippen LogP contribution in [-0.4, -0.2) is 35.6 Å². The molecule has 1 aromatic carbocycles. The molecule has 6 heteroatoms. The van der Waals surface area contributed by atoms with Gasteiger partial charge in [-0.3, -0.25) is 4.79 Å². The number of nitrogens with zero attached hydrogens (tertiary/aromatic N) is 2. The Morgan fingerprint density at radius 3 is 2.57 bits per heavy atom. The molecule has 0 radical (unpaired) electrons. The fourth-order valence-corrected chi connectivity index (χ4v) is 4.57. The molecule has 0 N–H and O–H groups in total. The minimum Gasteiger partial charge on any atom is -0.486 e. The second-order valence-electron chi connectivity index (χ2n) is 7.14. The van der Waals surface area contributed by atoms with Crippen LogP contribution < -0.4 is 9.47 Å². The van der Waals surface area contributed by atoms with Crippen LogP contribution in [0.1, 0.15) is 32.2 Å². The highest BCUT2D eigenvalue weighted by Crippen LogP contribution is 2.33. The summed E-state index contributed by atoms with van der Waals surface area (Å²) in [7, 11) is 1.86. The molecule has 4 rings (SSSR count). The van der Waals surface area contributed by atoms with Gasteiger partial charge in [0, 0.05) is 35.1 Å². The molecule has 5 nitrogen and oxygen atoms in total. The van der Waals surface area contributed by atoms with E-state index in [0.29, 0.717) is 19.8 Å². The van der Waals surface area contributed by atoms with E-state index in [1.54, 1.807) is 16.2 Å². The number of aromatic nitrogens is 1. The summed E-state index contributed by atoms with van der Waals surface area (Å²) in [5.74, 6) is 1.54. The molecule has 0 spiro atoms. The Balaban J connectivity index is 1.64. The lowest BCUT2D eigenvalue weighted by atomic mass is 10.2. The van der Waals surface area contributed by atoms with Gasteiger partial charge in [-0.25, -0.2) is 0 Å². The number of thiophene rings is 1. The number of hydrogen-bond acceptors (Lipinski definition) is 4. The van der Waals surface area contributed by atoms with E-state index in [9.17, 15) is 4.79 Å². The quantitative estimate of drug-likeness (QED) is 0.652. The van der Waals surface area contributed by atoms with Crippen molar-refractivity contribution in [1.29, 1.82) is 0 Å². The molecule has 2 aromatic heterocycles. The Morgan fingerprint density at radius 2 is 1.86 bits per heavy atom. The highest BCUT2D eigenvalue weighted by atomic mass is 32.1. The largest absolute Gasteiger partial charge is 0.486 e. The molecule has 3 heterocycles. The van der Waals surface area contributed by atoms with E-state index in [0.717, 1.165) is 34.1 Å². The van der Waals surface area contributed by atoms with Crippen molar-refractivity contribution in [2.75, 3.05) is 20.3 Å². The molecular formula is C22H24N2O3S. The van der Waals surface area contributed by atoms with Crippen molar-refractivity contribution < 1.29 is 14.3 Å². The minimum atomic E-state index is 0.0321. The molecule has 0 aliphatic carbocycles. The number of fused-ring (bicyclic) bond motifs is 1. The molecule has 146 valence electrons. The van der Waals surface area contributed by atoms with E-state index >= 15 is 0 Å². The van der Waals surface area contributed by atoms with Gasteiger partial charge < -0.3 is 18.9 Å². The van der Waals surface area contributed by atoms with E-state index in [4.69, 9.17) is 9.47 Å². The number of aryl methyl sites for hydroxylation is 2. The van der Waals surface area contributed by atoms with E-state index in [1.165, 1.54) is 10.4 Å². The number of ether oxygens (including phenoxy) is 2. The van der Waals surface area contributed by atoms with Crippen LogP contribution in [-0.2, 0) is 6.54 Å². The Morgan fingerprint density at radius 1 is 1.11 bits per heavy atom. The summed E-state index contributed by atoms with van der Waals surface area (Å²) in [4.78, 5) is 16.1. The van der Waals surface area contributed by atoms with Crippen molar-refractivity contribution in [2.24, 2.45) is 0 Å². The van der Waals surface area contributed by atoms with E-state index < -0.39 is 0 Å². The van der Waals surface area contributed by atoms with Crippen molar-refractivity contribution in [1.82, 2.24) is 9.47 Å². The second-order valence-corrected chi connectivity index (χ2v) is 8.14. The van der Waals surface area contributed by atoms with Gasteiger partial charge in [-0.1, -0.05) is 0 Å². The van der Waals surface area contributed by atoms with Gasteiger partial charge in [0.15, 0.2) is 11.5 Å². The lowest BCUT2D eigenvalue weighted by molar-refractivity contribution is 0.0785. The molecule has 0 bridgehead atoms. The van der Waals surface area contributed by atoms with Crippen LogP contribution in [0.4, 0.5) is 0 Å². The first kappa shape index (κ1) is 18.6. The SMILES string of the molecule is Cc1ccsc1CN(C)C(=O)c1cc(C)n(-c2ccc3c(c2)OCCO3)c1C. The van der Waals surface area contributed by atoms with Crippen LogP contribution in [0.5, 0.6) is 11.5 Å². The predicted octanol–water partition coefficient (Wildman–Crippen LogP) is 4.51. The van der Waals surface area contributed by atoms with Crippen molar-refractivity contribution in [2.45, 2.75) is 27.3 Å². The third kappa shape index (κ3) is 3.29. The summed E-state index contributed by atoms with van der Waals surface area (Å²) in [5, 5.41) is 2.07. The highest BCUT2D eigenvalue weighted by molar-refractivity contribution is 7.10. The predicted molar refractivity (Wildman–Crippen MR) is 111 cm³/mol. The Kier molecular flexibility index (Phi) is 4.89. The van der Waals surface area contributed by atoms with Crippen molar-refractivity contribution in [3.63, 3.8) is 0 Å². The van der Waals surface area contributed by atoms with Crippen LogP contribution in [0, 0.1) is 20.8 Å². The molecule has 28 heavy (non-hydrogen) atoms. The molecule has 0 saturated carbocycles. The summed E-state index contributed by atoms with van der Waals surface area (Å²) in [6, 6.07) is 9.95. The lowest BCUT2D eigenvalue weighted by Gasteiger charge is -2.20. The van der Waals surface area contributed by atoms with Crippen molar-refractivity contribution in [3.8, 4) is 17.2 Å². The highest BCUT2D eigenvalue weighted by Gasteiger charge is 2.21. The standard InChI is InChI=1S/C22H24N2O3S/c1-14-7-10-28-21(14)13-23(4)22(25)18-11-15(2)24(16(18)3)17-5-6-19-20(12-17)27-9-8-26-19/h5-7,10-12H,8-9,13H2,1-4H3. The van der Waals surface area contributed by atoms with Gasteiger partial charge in [-0.2, -0.15) is 0 Å². The number of rotatable bonds is 4. The molecular weight excluding hydrogens is 372 g/mol. The van der Waals surface area contributed by atoms with Crippen molar-refractivity contribution >= 4 is 17.2 Å². The molecule has 0 fully saturated rings. The molecule has 1 amide bonds. The van der Waals surface area contributed by atoms with Gasteiger partial charge in [-0.15, -0.1) is 11.3 Å². The van der Waals surface area contributed by atoms with Crippen molar-refractivity contribution in [3.05, 3.63) is 63.1 Å². The summed E-state index contributed by atoms with van der Waals surface area (Å²) < 4.78 is 13.4. The van der Waals surface area contributed by atoms with E-state index in [2.05, 4.69) is 22.9 Å². The normalized spacial score (nSPS) is 12.9. The Labute approximate surface area is 169 Å². The van der Waals surface area contributed by atoms with Gasteiger partial charge in [0.2, 0.25) is 0 Å². The van der Waals surface area contributed by atoms with E-state index in [1.807, 2.05) is 45.2 Å². The zero-order valence-corrected chi connectivity index (χ0v) is 17.4. The average molecular weight is 397 g/mol. The topological polar surface area (TPSA) is 43.7 Å². The van der Waals surface area contributed by atoms with Gasteiger partial charge >= 0.3 is 0 Å². The zero-order valence-electron chi connectivity index (χ0n) is 16.6. The zero-order chi connectivity index (χ0) is 19.8. The number of carbonyl (C=O) groups excluding carboxylic acids is 1. The summed E-state index contributed by atoms with van der Waals surface area (Å²) >= 11 is 1.69. The fourth-order valence-electron chi connectivity index (χ4n) is 3.61. The lowest BCUT2D eigenvalue weighted by Crippen LogP contribution is -2.26. The maximum absolute atomic E-state index is 13.1. The third-order valence-electron chi connectivity index (χ3n) is 5.14. The first-order valence-electron chi connectivity index (χ1n) is 9.33. The third-order valence-corrected chi connectivity index (χ3v) is 6.15. The minimum absolute atomic E-state index is 0.0321. The molecule has 3 aromatic rings. The molecule has 1 aliphatic heterocycles. The number of amides is 1. The maximum atomic E-state index is 13.1. The first-order valence-corrected chi connectivity index (χ1v) is 10.2. The monoisotopic (exact) mass is 396 g/mol. The molecule has 0 atom stereocenters. The second kappa shape index (κ2) is 7.36. The van der Waals surface area contributed by atoms with Crippen LogP contribution in [0.15, 0.2) is 35.7 Å².